The van der Waals surface area contributed by atoms with Crippen LogP contribution < -0.4 is 0 Å². The van der Waals surface area contributed by atoms with Crippen molar-refractivity contribution in [3.8, 4) is 0 Å². The minimum absolute atomic E-state index is 0.0407. The minimum atomic E-state index is -2.03. The molecule has 1 amide bonds. The lowest BCUT2D eigenvalue weighted by atomic mass is 9.82. The molecule has 0 aromatic heterocycles. The molecule has 1 saturated carbocycles. The number of carbonyl (C=O) groups excluding carboxylic acids is 2. The average molecular weight is 426 g/mol. The molecule has 1 aromatic rings. The Labute approximate surface area is 173 Å². The molecule has 1 atom stereocenters. The van der Waals surface area contributed by atoms with E-state index in [9.17, 15) is 23.9 Å². The molecule has 0 bridgehead atoms. The van der Waals surface area contributed by atoms with E-state index in [0.717, 1.165) is 0 Å². The molecule has 3 rings (SSSR count). The Balaban J connectivity index is 1.54. The number of aliphatic hydroxyl groups is 1. The summed E-state index contributed by atoms with van der Waals surface area (Å²) in [4.78, 5) is 37.9. The molecule has 158 valence electrons. The lowest BCUT2D eigenvalue weighted by molar-refractivity contribution is -0.153. The van der Waals surface area contributed by atoms with Crippen molar-refractivity contribution in [2.75, 3.05) is 13.1 Å². The van der Waals surface area contributed by atoms with Crippen LogP contribution in [-0.2, 0) is 20.8 Å². The van der Waals surface area contributed by atoms with Crippen LogP contribution in [-0.4, -0.2) is 51.5 Å². The standard InChI is InChI=1S/C21H25ClFNO5/c22-16-9-14(10-17(23)11-16)3-6-18(25)21(29)7-8-24(20(21)28)12-13-1-4-15(5-2-13)19(26)27/h9-11,13,15,29H,1-8,12H2,(H,26,27). The maximum Gasteiger partial charge on any atom is 0.306 e. The minimum Gasteiger partial charge on any atom is -0.481 e. The van der Waals surface area contributed by atoms with Crippen molar-refractivity contribution in [3.05, 3.63) is 34.6 Å². The Morgan fingerprint density at radius 1 is 1.21 bits per heavy atom. The van der Waals surface area contributed by atoms with E-state index in [1.54, 1.807) is 6.07 Å². The van der Waals surface area contributed by atoms with Crippen molar-refractivity contribution in [3.63, 3.8) is 0 Å². The third-order valence-corrected chi connectivity index (χ3v) is 6.30. The van der Waals surface area contributed by atoms with Crippen LogP contribution in [0, 0.1) is 17.7 Å². The second-order valence-electron chi connectivity index (χ2n) is 8.12. The van der Waals surface area contributed by atoms with Gasteiger partial charge in [0.2, 0.25) is 5.60 Å². The first kappa shape index (κ1) is 21.7. The monoisotopic (exact) mass is 425 g/mol. The summed E-state index contributed by atoms with van der Waals surface area (Å²) < 4.78 is 13.4. The maximum atomic E-state index is 13.4. The van der Waals surface area contributed by atoms with Crippen molar-refractivity contribution in [1.82, 2.24) is 4.90 Å². The molecule has 1 heterocycles. The number of rotatable bonds is 7. The number of halogens is 2. The quantitative estimate of drug-likeness (QED) is 0.655. The Kier molecular flexibility index (Phi) is 6.58. The first-order valence-electron chi connectivity index (χ1n) is 9.92. The number of aliphatic carboxylic acids is 1. The van der Waals surface area contributed by atoms with Gasteiger partial charge in [0.1, 0.15) is 5.82 Å². The number of nitrogens with zero attached hydrogens (tertiary/aromatic N) is 1. The highest BCUT2D eigenvalue weighted by atomic mass is 35.5. The van der Waals surface area contributed by atoms with E-state index in [4.69, 9.17) is 16.7 Å². The van der Waals surface area contributed by atoms with Gasteiger partial charge in [-0.2, -0.15) is 0 Å². The molecule has 29 heavy (non-hydrogen) atoms. The number of benzene rings is 1. The van der Waals surface area contributed by atoms with Crippen molar-refractivity contribution < 1.29 is 29.0 Å². The van der Waals surface area contributed by atoms with Crippen LogP contribution in [0.25, 0.3) is 0 Å². The summed E-state index contributed by atoms with van der Waals surface area (Å²) in [6.07, 6.45) is 2.74. The molecule has 8 heteroatoms. The van der Waals surface area contributed by atoms with Gasteiger partial charge in [0.15, 0.2) is 5.78 Å². The van der Waals surface area contributed by atoms with E-state index in [0.29, 0.717) is 44.3 Å². The van der Waals surface area contributed by atoms with Gasteiger partial charge in [-0.25, -0.2) is 4.39 Å². The van der Waals surface area contributed by atoms with Crippen molar-refractivity contribution in [2.24, 2.45) is 11.8 Å². The molecule has 6 nitrogen and oxygen atoms in total. The maximum absolute atomic E-state index is 13.4. The Bertz CT molecular complexity index is 788. The summed E-state index contributed by atoms with van der Waals surface area (Å²) in [6, 6.07) is 4.00. The molecule has 2 aliphatic rings. The lowest BCUT2D eigenvalue weighted by Gasteiger charge is -2.30. The normalized spacial score (nSPS) is 27.3. The van der Waals surface area contributed by atoms with Crippen molar-refractivity contribution in [2.45, 2.75) is 50.5 Å². The van der Waals surface area contributed by atoms with Gasteiger partial charge in [-0.05, 0) is 61.8 Å². The van der Waals surface area contributed by atoms with Crippen LogP contribution in [0.3, 0.4) is 0 Å². The summed E-state index contributed by atoms with van der Waals surface area (Å²) in [7, 11) is 0. The summed E-state index contributed by atoms with van der Waals surface area (Å²) >= 11 is 5.81. The number of aryl methyl sites for hydroxylation is 1. The first-order valence-corrected chi connectivity index (χ1v) is 10.3. The molecular weight excluding hydrogens is 401 g/mol. The topological polar surface area (TPSA) is 94.9 Å². The van der Waals surface area contributed by atoms with Gasteiger partial charge in [0.05, 0.1) is 5.92 Å². The van der Waals surface area contributed by atoms with Crippen molar-refractivity contribution in [1.29, 1.82) is 0 Å². The molecule has 1 saturated heterocycles. The molecule has 2 fully saturated rings. The predicted molar refractivity (Wildman–Crippen MR) is 104 cm³/mol. The number of hydrogen-bond donors (Lipinski definition) is 2. The van der Waals surface area contributed by atoms with Gasteiger partial charge in [0.25, 0.3) is 5.91 Å². The molecular formula is C21H25ClFNO5. The summed E-state index contributed by atoms with van der Waals surface area (Å²) in [5, 5.41) is 20.0. The van der Waals surface area contributed by atoms with Crippen LogP contribution in [0.2, 0.25) is 5.02 Å². The Morgan fingerprint density at radius 3 is 2.52 bits per heavy atom. The van der Waals surface area contributed by atoms with Crippen LogP contribution >= 0.6 is 11.6 Å². The first-order chi connectivity index (χ1) is 13.7. The van der Waals surface area contributed by atoms with Gasteiger partial charge >= 0.3 is 5.97 Å². The molecule has 1 aliphatic heterocycles. The Hall–Kier alpha value is -1.99. The molecule has 2 N–H and O–H groups in total. The Morgan fingerprint density at radius 2 is 1.90 bits per heavy atom. The molecule has 0 spiro atoms. The number of Topliss-reactive ketones (excluding diaryl/α,β-unsaturated/α-hetero) is 1. The SMILES string of the molecule is O=C(O)C1CCC(CN2CCC(O)(C(=O)CCc3cc(F)cc(Cl)c3)C2=O)CC1. The molecule has 1 aromatic carbocycles. The van der Waals surface area contributed by atoms with Gasteiger partial charge in [-0.3, -0.25) is 14.4 Å². The number of carbonyl (C=O) groups is 3. The molecule has 0 radical (unpaired) electrons. The van der Waals surface area contributed by atoms with E-state index >= 15 is 0 Å². The zero-order valence-corrected chi connectivity index (χ0v) is 16.8. The summed E-state index contributed by atoms with van der Waals surface area (Å²) in [5.41, 5.74) is -1.50. The van der Waals surface area contributed by atoms with Gasteiger partial charge in [-0.15, -0.1) is 0 Å². The van der Waals surface area contributed by atoms with E-state index < -0.39 is 29.1 Å². The van der Waals surface area contributed by atoms with Crippen LogP contribution in [0.1, 0.15) is 44.1 Å². The van der Waals surface area contributed by atoms with E-state index in [1.165, 1.54) is 17.0 Å². The van der Waals surface area contributed by atoms with E-state index in [1.807, 2.05) is 0 Å². The zero-order valence-electron chi connectivity index (χ0n) is 16.1. The molecule has 1 aliphatic carbocycles. The number of carboxylic acids is 1. The third kappa shape index (κ3) is 4.95. The second kappa shape index (κ2) is 8.79. The highest BCUT2D eigenvalue weighted by Crippen LogP contribution is 2.32. The highest BCUT2D eigenvalue weighted by molar-refractivity contribution is 6.30. The van der Waals surface area contributed by atoms with Gasteiger partial charge in [-0.1, -0.05) is 11.6 Å². The van der Waals surface area contributed by atoms with Crippen molar-refractivity contribution >= 4 is 29.3 Å². The fraction of sp³-hybridized carbons (Fsp3) is 0.571. The second-order valence-corrected chi connectivity index (χ2v) is 8.55. The number of amides is 1. The number of ketones is 1. The number of hydrogen-bond acceptors (Lipinski definition) is 4. The third-order valence-electron chi connectivity index (χ3n) is 6.08. The van der Waals surface area contributed by atoms with Crippen LogP contribution in [0.5, 0.6) is 0 Å². The smallest absolute Gasteiger partial charge is 0.306 e. The van der Waals surface area contributed by atoms with Crippen LogP contribution in [0.4, 0.5) is 4.39 Å². The largest absolute Gasteiger partial charge is 0.481 e. The van der Waals surface area contributed by atoms with E-state index in [2.05, 4.69) is 0 Å². The van der Waals surface area contributed by atoms with Gasteiger partial charge < -0.3 is 15.1 Å². The molecule has 1 unspecified atom stereocenters. The lowest BCUT2D eigenvalue weighted by Crippen LogP contribution is -2.47. The summed E-state index contributed by atoms with van der Waals surface area (Å²) in [5.74, 6) is -2.57. The highest BCUT2D eigenvalue weighted by Gasteiger charge is 2.50. The number of carboxylic acid groups (broad SMARTS) is 1. The van der Waals surface area contributed by atoms with Crippen LogP contribution in [0.15, 0.2) is 18.2 Å². The van der Waals surface area contributed by atoms with Gasteiger partial charge in [0, 0.05) is 31.0 Å². The van der Waals surface area contributed by atoms with E-state index in [-0.39, 0.29) is 36.1 Å². The summed E-state index contributed by atoms with van der Waals surface area (Å²) in [6.45, 7) is 0.728. The number of likely N-dealkylation sites (tertiary alicyclic amines) is 1. The predicted octanol–water partition coefficient (Wildman–Crippen LogP) is 2.84. The fourth-order valence-corrected chi connectivity index (χ4v) is 4.57. The average Bonchev–Trinajstić information content (AvgIpc) is 2.95. The zero-order chi connectivity index (χ0) is 21.2. The fourth-order valence-electron chi connectivity index (χ4n) is 4.32.